The molecule has 1 aromatic carbocycles. The number of hydrogen-bond acceptors (Lipinski definition) is 2. The average Bonchev–Trinajstić information content (AvgIpc) is 2.67. The van der Waals surface area contributed by atoms with Crippen molar-refractivity contribution in [2.45, 2.75) is 12.5 Å². The Bertz CT molecular complexity index is 428. The second-order valence-electron chi connectivity index (χ2n) is 3.92. The van der Waals surface area contributed by atoms with Gasteiger partial charge in [-0.2, -0.15) is 0 Å². The lowest BCUT2D eigenvalue weighted by molar-refractivity contribution is 0.0790. The van der Waals surface area contributed by atoms with Crippen molar-refractivity contribution in [3.05, 3.63) is 33.3 Å². The van der Waals surface area contributed by atoms with Crippen molar-refractivity contribution in [3.63, 3.8) is 0 Å². The molecular weight excluding hydrogens is 327 g/mol. The molecule has 0 aromatic heterocycles. The standard InChI is InChI=1S/C11H12BrClN2O.ClH/c12-10-2-1-7(13)5-9(10)11(16)15-4-3-8(14)6-15;/h1-2,5,8H,3-4,6,14H2;1H/t8-;/m0./s1. The Morgan fingerprint density at radius 2 is 2.24 bits per heavy atom. The van der Waals surface area contributed by atoms with Crippen LogP contribution in [0.3, 0.4) is 0 Å². The number of halogens is 3. The van der Waals surface area contributed by atoms with Crippen molar-refractivity contribution in [2.24, 2.45) is 5.73 Å². The topological polar surface area (TPSA) is 46.3 Å². The lowest BCUT2D eigenvalue weighted by Crippen LogP contribution is -2.32. The molecule has 17 heavy (non-hydrogen) atoms. The first kappa shape index (κ1) is 14.8. The molecule has 3 nitrogen and oxygen atoms in total. The second kappa shape index (κ2) is 6.05. The third-order valence-corrected chi connectivity index (χ3v) is 3.60. The number of likely N-dealkylation sites (tertiary alicyclic amines) is 1. The molecule has 1 atom stereocenters. The van der Waals surface area contributed by atoms with Crippen LogP contribution in [-0.2, 0) is 0 Å². The van der Waals surface area contributed by atoms with Crippen molar-refractivity contribution < 1.29 is 4.79 Å². The summed E-state index contributed by atoms with van der Waals surface area (Å²) in [6, 6.07) is 5.31. The average molecular weight is 340 g/mol. The summed E-state index contributed by atoms with van der Waals surface area (Å²) in [5.41, 5.74) is 6.38. The number of carbonyl (C=O) groups is 1. The molecule has 94 valence electrons. The highest BCUT2D eigenvalue weighted by atomic mass is 79.9. The summed E-state index contributed by atoms with van der Waals surface area (Å²) in [4.78, 5) is 13.9. The van der Waals surface area contributed by atoms with Crippen molar-refractivity contribution in [3.8, 4) is 0 Å². The fourth-order valence-corrected chi connectivity index (χ4v) is 2.39. The van der Waals surface area contributed by atoms with Gasteiger partial charge >= 0.3 is 0 Å². The van der Waals surface area contributed by atoms with Gasteiger partial charge in [-0.3, -0.25) is 4.79 Å². The first-order chi connectivity index (χ1) is 7.58. The van der Waals surface area contributed by atoms with Crippen molar-refractivity contribution >= 4 is 45.8 Å². The zero-order chi connectivity index (χ0) is 11.7. The quantitative estimate of drug-likeness (QED) is 0.855. The van der Waals surface area contributed by atoms with Crippen molar-refractivity contribution in [2.75, 3.05) is 13.1 Å². The van der Waals surface area contributed by atoms with Crippen LogP contribution in [0, 0.1) is 0 Å². The predicted molar refractivity (Wildman–Crippen MR) is 74.9 cm³/mol. The van der Waals surface area contributed by atoms with Crippen LogP contribution in [0.25, 0.3) is 0 Å². The Kier molecular flexibility index (Phi) is 5.25. The Hall–Kier alpha value is -0.290. The highest BCUT2D eigenvalue weighted by molar-refractivity contribution is 9.10. The van der Waals surface area contributed by atoms with Crippen LogP contribution in [0.1, 0.15) is 16.8 Å². The summed E-state index contributed by atoms with van der Waals surface area (Å²) in [6.07, 6.45) is 0.865. The molecule has 0 spiro atoms. The van der Waals surface area contributed by atoms with Crippen molar-refractivity contribution in [1.82, 2.24) is 4.90 Å². The molecule has 1 saturated heterocycles. The van der Waals surface area contributed by atoms with Crippen LogP contribution in [0.5, 0.6) is 0 Å². The number of nitrogens with zero attached hydrogens (tertiary/aromatic N) is 1. The fraction of sp³-hybridized carbons (Fsp3) is 0.364. The number of hydrogen-bond donors (Lipinski definition) is 1. The first-order valence-electron chi connectivity index (χ1n) is 5.08. The van der Waals surface area contributed by atoms with E-state index in [1.54, 1.807) is 23.1 Å². The molecule has 0 bridgehead atoms. The summed E-state index contributed by atoms with van der Waals surface area (Å²) in [6.45, 7) is 1.34. The molecule has 0 radical (unpaired) electrons. The lowest BCUT2D eigenvalue weighted by Gasteiger charge is -2.16. The molecule has 6 heteroatoms. The van der Waals surface area contributed by atoms with E-state index in [1.807, 2.05) is 0 Å². The zero-order valence-corrected chi connectivity index (χ0v) is 12.2. The normalized spacial score (nSPS) is 19.0. The Morgan fingerprint density at radius 1 is 1.53 bits per heavy atom. The molecule has 1 amide bonds. The molecular formula is C11H13BrCl2N2O. The largest absolute Gasteiger partial charge is 0.337 e. The van der Waals surface area contributed by atoms with Crippen LogP contribution < -0.4 is 5.73 Å². The number of benzene rings is 1. The number of rotatable bonds is 1. The van der Waals surface area contributed by atoms with Crippen molar-refractivity contribution in [1.29, 1.82) is 0 Å². The van der Waals surface area contributed by atoms with Gasteiger partial charge in [-0.1, -0.05) is 11.6 Å². The molecule has 1 aliphatic rings. The second-order valence-corrected chi connectivity index (χ2v) is 5.21. The molecule has 0 aliphatic carbocycles. The minimum absolute atomic E-state index is 0. The van der Waals surface area contributed by atoms with E-state index in [0.717, 1.165) is 17.4 Å². The van der Waals surface area contributed by atoms with Gasteiger partial charge in [-0.15, -0.1) is 12.4 Å². The van der Waals surface area contributed by atoms with E-state index in [9.17, 15) is 4.79 Å². The minimum atomic E-state index is -0.0117. The van der Waals surface area contributed by atoms with Crippen LogP contribution in [0.4, 0.5) is 0 Å². The number of amides is 1. The number of nitrogens with two attached hydrogens (primary N) is 1. The number of carbonyl (C=O) groups excluding carboxylic acids is 1. The van der Waals surface area contributed by atoms with E-state index < -0.39 is 0 Å². The van der Waals surface area contributed by atoms with E-state index in [0.29, 0.717) is 17.1 Å². The predicted octanol–water partition coefficient (Wildman–Crippen LogP) is 2.70. The summed E-state index contributed by atoms with van der Waals surface area (Å²) in [7, 11) is 0. The summed E-state index contributed by atoms with van der Waals surface area (Å²) >= 11 is 9.24. The Labute approximate surface area is 120 Å². The first-order valence-corrected chi connectivity index (χ1v) is 6.25. The zero-order valence-electron chi connectivity index (χ0n) is 9.03. The van der Waals surface area contributed by atoms with Crippen LogP contribution >= 0.6 is 39.9 Å². The molecule has 2 rings (SSSR count). The monoisotopic (exact) mass is 338 g/mol. The fourth-order valence-electron chi connectivity index (χ4n) is 1.80. The molecule has 2 N–H and O–H groups in total. The SMILES string of the molecule is Cl.N[C@H]1CCN(C(=O)c2cc(Cl)ccc2Br)C1. The highest BCUT2D eigenvalue weighted by Crippen LogP contribution is 2.23. The van der Waals surface area contributed by atoms with E-state index >= 15 is 0 Å². The van der Waals surface area contributed by atoms with Gasteiger partial charge in [-0.25, -0.2) is 0 Å². The molecule has 1 aromatic rings. The van der Waals surface area contributed by atoms with Gasteiger partial charge in [0.25, 0.3) is 5.91 Å². The molecule has 1 heterocycles. The van der Waals surface area contributed by atoms with Gasteiger partial charge in [0.1, 0.15) is 0 Å². The third kappa shape index (κ3) is 3.35. The summed E-state index contributed by atoms with van der Waals surface area (Å²) in [5, 5.41) is 0.565. The maximum absolute atomic E-state index is 12.1. The van der Waals surface area contributed by atoms with Gasteiger partial charge in [-0.05, 0) is 40.5 Å². The maximum Gasteiger partial charge on any atom is 0.255 e. The molecule has 0 unspecified atom stereocenters. The lowest BCUT2D eigenvalue weighted by atomic mass is 10.2. The van der Waals surface area contributed by atoms with Gasteiger partial charge < -0.3 is 10.6 Å². The summed E-state index contributed by atoms with van der Waals surface area (Å²) in [5.74, 6) is -0.0117. The van der Waals surface area contributed by atoms with Crippen LogP contribution in [0.2, 0.25) is 5.02 Å². The van der Waals surface area contributed by atoms with Gasteiger partial charge in [0, 0.05) is 28.6 Å². The van der Waals surface area contributed by atoms with Gasteiger partial charge in [0.15, 0.2) is 0 Å². The van der Waals surface area contributed by atoms with E-state index in [2.05, 4.69) is 15.9 Å². The minimum Gasteiger partial charge on any atom is -0.337 e. The molecule has 1 aliphatic heterocycles. The third-order valence-electron chi connectivity index (χ3n) is 2.67. The van der Waals surface area contributed by atoms with E-state index in [1.165, 1.54) is 0 Å². The van der Waals surface area contributed by atoms with Crippen LogP contribution in [-0.4, -0.2) is 29.9 Å². The smallest absolute Gasteiger partial charge is 0.255 e. The van der Waals surface area contributed by atoms with Crippen LogP contribution in [0.15, 0.2) is 22.7 Å². The van der Waals surface area contributed by atoms with Gasteiger partial charge in [0.05, 0.1) is 5.56 Å². The maximum atomic E-state index is 12.1. The highest BCUT2D eigenvalue weighted by Gasteiger charge is 2.25. The Morgan fingerprint density at radius 3 is 2.82 bits per heavy atom. The Balaban J connectivity index is 0.00000144. The molecule has 0 saturated carbocycles. The van der Waals surface area contributed by atoms with E-state index in [4.69, 9.17) is 17.3 Å². The van der Waals surface area contributed by atoms with Gasteiger partial charge in [0.2, 0.25) is 0 Å². The van der Waals surface area contributed by atoms with E-state index in [-0.39, 0.29) is 24.4 Å². The molecule has 1 fully saturated rings. The summed E-state index contributed by atoms with van der Waals surface area (Å²) < 4.78 is 0.766.